The maximum atomic E-state index is 5.52. The molecule has 0 amide bonds. The van der Waals surface area contributed by atoms with E-state index in [1.54, 1.807) is 7.11 Å². The molecule has 1 heterocycles. The SMILES string of the molecule is CCC1CCCCN1Cc1cc(C#CCN)ccc1OC. The zero-order valence-corrected chi connectivity index (χ0v) is 13.2. The third-order valence-corrected chi connectivity index (χ3v) is 4.21. The molecule has 3 nitrogen and oxygen atoms in total. The molecule has 1 aliphatic rings. The summed E-state index contributed by atoms with van der Waals surface area (Å²) in [6.07, 6.45) is 5.18. The Kier molecular flexibility index (Phi) is 6.10. The van der Waals surface area contributed by atoms with E-state index in [1.165, 1.54) is 37.8 Å². The Morgan fingerprint density at radius 3 is 2.95 bits per heavy atom. The first kappa shape index (κ1) is 15.9. The van der Waals surface area contributed by atoms with Crippen LogP contribution >= 0.6 is 0 Å². The lowest BCUT2D eigenvalue weighted by molar-refractivity contribution is 0.135. The molecular weight excluding hydrogens is 260 g/mol. The number of methoxy groups -OCH3 is 1. The molecule has 0 spiro atoms. The number of ether oxygens (including phenoxy) is 1. The summed E-state index contributed by atoms with van der Waals surface area (Å²) in [4.78, 5) is 2.58. The second-order valence-corrected chi connectivity index (χ2v) is 5.56. The monoisotopic (exact) mass is 286 g/mol. The molecule has 21 heavy (non-hydrogen) atoms. The Hall–Kier alpha value is -1.50. The number of likely N-dealkylation sites (tertiary alicyclic amines) is 1. The minimum Gasteiger partial charge on any atom is -0.496 e. The van der Waals surface area contributed by atoms with E-state index in [4.69, 9.17) is 10.5 Å². The van der Waals surface area contributed by atoms with Gasteiger partial charge in [0.15, 0.2) is 0 Å². The number of hydrogen-bond acceptors (Lipinski definition) is 3. The molecule has 114 valence electrons. The zero-order chi connectivity index (χ0) is 15.1. The Morgan fingerprint density at radius 1 is 1.38 bits per heavy atom. The molecule has 2 N–H and O–H groups in total. The molecule has 1 fully saturated rings. The van der Waals surface area contributed by atoms with Crippen LogP contribution in [0.5, 0.6) is 5.75 Å². The third-order valence-electron chi connectivity index (χ3n) is 4.21. The molecule has 1 atom stereocenters. The van der Waals surface area contributed by atoms with Gasteiger partial charge in [-0.2, -0.15) is 0 Å². The van der Waals surface area contributed by atoms with E-state index < -0.39 is 0 Å². The van der Waals surface area contributed by atoms with Crippen molar-refractivity contribution >= 4 is 0 Å². The lowest BCUT2D eigenvalue weighted by Gasteiger charge is -2.35. The fraction of sp³-hybridized carbons (Fsp3) is 0.556. The van der Waals surface area contributed by atoms with Gasteiger partial charge in [0.2, 0.25) is 0 Å². The number of hydrogen-bond donors (Lipinski definition) is 1. The molecule has 1 aromatic rings. The smallest absolute Gasteiger partial charge is 0.123 e. The van der Waals surface area contributed by atoms with Crippen molar-refractivity contribution in [3.63, 3.8) is 0 Å². The van der Waals surface area contributed by atoms with E-state index in [0.717, 1.165) is 17.9 Å². The number of piperidine rings is 1. The minimum absolute atomic E-state index is 0.394. The van der Waals surface area contributed by atoms with Gasteiger partial charge in [0.25, 0.3) is 0 Å². The van der Waals surface area contributed by atoms with E-state index in [9.17, 15) is 0 Å². The fourth-order valence-electron chi connectivity index (χ4n) is 3.08. The van der Waals surface area contributed by atoms with Crippen molar-refractivity contribution in [2.45, 2.75) is 45.2 Å². The zero-order valence-electron chi connectivity index (χ0n) is 13.2. The van der Waals surface area contributed by atoms with Crippen molar-refractivity contribution in [1.29, 1.82) is 0 Å². The highest BCUT2D eigenvalue weighted by Gasteiger charge is 2.21. The summed E-state index contributed by atoms with van der Waals surface area (Å²) in [7, 11) is 1.73. The number of nitrogens with two attached hydrogens (primary N) is 1. The van der Waals surface area contributed by atoms with Crippen LogP contribution < -0.4 is 10.5 Å². The summed E-state index contributed by atoms with van der Waals surface area (Å²) in [6, 6.07) is 6.85. The summed E-state index contributed by atoms with van der Waals surface area (Å²) < 4.78 is 5.52. The van der Waals surface area contributed by atoms with Gasteiger partial charge in [-0.05, 0) is 44.0 Å². The Bertz CT molecular complexity index is 516. The molecule has 0 aromatic heterocycles. The van der Waals surface area contributed by atoms with Gasteiger partial charge in [0.1, 0.15) is 5.75 Å². The minimum atomic E-state index is 0.394. The van der Waals surface area contributed by atoms with Gasteiger partial charge in [-0.15, -0.1) is 0 Å². The number of rotatable bonds is 4. The van der Waals surface area contributed by atoms with Gasteiger partial charge in [-0.25, -0.2) is 0 Å². The average Bonchev–Trinajstić information content (AvgIpc) is 2.53. The molecule has 1 unspecified atom stereocenters. The van der Waals surface area contributed by atoms with Gasteiger partial charge in [0, 0.05) is 23.7 Å². The molecule has 0 radical (unpaired) electrons. The first-order chi connectivity index (χ1) is 10.3. The number of nitrogens with zero attached hydrogens (tertiary/aromatic N) is 1. The summed E-state index contributed by atoms with van der Waals surface area (Å²) in [5.74, 6) is 6.98. The summed E-state index contributed by atoms with van der Waals surface area (Å²) in [5.41, 5.74) is 7.69. The second kappa shape index (κ2) is 8.07. The predicted molar refractivity (Wildman–Crippen MR) is 87.3 cm³/mol. The Labute approximate surface area is 128 Å². The fourth-order valence-corrected chi connectivity index (χ4v) is 3.08. The van der Waals surface area contributed by atoms with Crippen LogP contribution in [0.2, 0.25) is 0 Å². The standard InChI is InChI=1S/C18H26N2O/c1-3-17-8-4-5-12-20(17)14-16-13-15(7-6-11-19)9-10-18(16)21-2/h9-10,13,17H,3-5,8,11-12,14,19H2,1-2H3. The second-order valence-electron chi connectivity index (χ2n) is 5.56. The van der Waals surface area contributed by atoms with E-state index in [0.29, 0.717) is 12.6 Å². The van der Waals surface area contributed by atoms with Crippen LogP contribution in [0.25, 0.3) is 0 Å². The topological polar surface area (TPSA) is 38.5 Å². The maximum absolute atomic E-state index is 5.52. The molecule has 1 aliphatic heterocycles. The first-order valence-corrected chi connectivity index (χ1v) is 7.88. The lowest BCUT2D eigenvalue weighted by atomic mass is 9.98. The van der Waals surface area contributed by atoms with Crippen molar-refractivity contribution in [3.05, 3.63) is 29.3 Å². The summed E-state index contributed by atoms with van der Waals surface area (Å²) in [5, 5.41) is 0. The maximum Gasteiger partial charge on any atom is 0.123 e. The highest BCUT2D eigenvalue weighted by Crippen LogP contribution is 2.26. The van der Waals surface area contributed by atoms with Gasteiger partial charge < -0.3 is 10.5 Å². The molecule has 3 heteroatoms. The van der Waals surface area contributed by atoms with E-state index in [-0.39, 0.29) is 0 Å². The van der Waals surface area contributed by atoms with Gasteiger partial charge >= 0.3 is 0 Å². The average molecular weight is 286 g/mol. The van der Waals surface area contributed by atoms with Crippen LogP contribution in [-0.2, 0) is 6.54 Å². The van der Waals surface area contributed by atoms with Gasteiger partial charge in [-0.1, -0.05) is 25.2 Å². The van der Waals surface area contributed by atoms with Crippen LogP contribution in [0, 0.1) is 11.8 Å². The summed E-state index contributed by atoms with van der Waals surface area (Å²) in [6.45, 7) is 4.80. The van der Waals surface area contributed by atoms with Crippen LogP contribution in [0.4, 0.5) is 0 Å². The molecule has 2 rings (SSSR count). The quantitative estimate of drug-likeness (QED) is 0.865. The predicted octanol–water partition coefficient (Wildman–Crippen LogP) is 2.77. The van der Waals surface area contributed by atoms with E-state index in [2.05, 4.69) is 29.7 Å². The normalized spacial score (nSPS) is 18.9. The molecule has 0 bridgehead atoms. The first-order valence-electron chi connectivity index (χ1n) is 7.88. The van der Waals surface area contributed by atoms with Gasteiger partial charge in [0.05, 0.1) is 13.7 Å². The molecular formula is C18H26N2O. The van der Waals surface area contributed by atoms with Crippen LogP contribution in [0.15, 0.2) is 18.2 Å². The molecule has 1 aromatic carbocycles. The van der Waals surface area contributed by atoms with Gasteiger partial charge in [-0.3, -0.25) is 4.90 Å². The molecule has 1 saturated heterocycles. The van der Waals surface area contributed by atoms with E-state index >= 15 is 0 Å². The van der Waals surface area contributed by atoms with Crippen LogP contribution in [0.1, 0.15) is 43.7 Å². The largest absolute Gasteiger partial charge is 0.496 e. The van der Waals surface area contributed by atoms with Crippen molar-refractivity contribution in [2.24, 2.45) is 5.73 Å². The number of benzene rings is 1. The van der Waals surface area contributed by atoms with Crippen molar-refractivity contribution in [1.82, 2.24) is 4.90 Å². The van der Waals surface area contributed by atoms with Crippen molar-refractivity contribution in [3.8, 4) is 17.6 Å². The van der Waals surface area contributed by atoms with Crippen molar-refractivity contribution in [2.75, 3.05) is 20.2 Å². The van der Waals surface area contributed by atoms with E-state index in [1.807, 2.05) is 12.1 Å². The van der Waals surface area contributed by atoms with Crippen molar-refractivity contribution < 1.29 is 4.74 Å². The van der Waals surface area contributed by atoms with Crippen LogP contribution in [-0.4, -0.2) is 31.1 Å². The molecule has 0 saturated carbocycles. The van der Waals surface area contributed by atoms with Crippen LogP contribution in [0.3, 0.4) is 0 Å². The highest BCUT2D eigenvalue weighted by atomic mass is 16.5. The highest BCUT2D eigenvalue weighted by molar-refractivity contribution is 5.44. The summed E-state index contributed by atoms with van der Waals surface area (Å²) >= 11 is 0. The Balaban J connectivity index is 2.19. The third kappa shape index (κ3) is 4.23. The Morgan fingerprint density at radius 2 is 2.24 bits per heavy atom. The molecule has 0 aliphatic carbocycles. The lowest BCUT2D eigenvalue weighted by Crippen LogP contribution is -2.38.